The van der Waals surface area contributed by atoms with Gasteiger partial charge in [-0.05, 0) is 172 Å². The van der Waals surface area contributed by atoms with Crippen LogP contribution in [0, 0.1) is 33.0 Å². The van der Waals surface area contributed by atoms with E-state index in [1.165, 1.54) is 24.7 Å². The van der Waals surface area contributed by atoms with E-state index in [-0.39, 0.29) is 58.1 Å². The molecule has 0 aliphatic heterocycles. The fourth-order valence-electron chi connectivity index (χ4n) is 9.29. The monoisotopic (exact) mass is 894 g/mol. The number of furan rings is 2. The molecule has 0 spiro atoms. The molecule has 0 bridgehead atoms. The summed E-state index contributed by atoms with van der Waals surface area (Å²) in [5.41, 5.74) is 5.29. The molecular weight excluding hydrogens is 835 g/mol. The molecule has 62 heavy (non-hydrogen) atoms. The van der Waals surface area contributed by atoms with Gasteiger partial charge in [0.25, 0.3) is 0 Å². The number of rotatable bonds is 16. The van der Waals surface area contributed by atoms with Gasteiger partial charge in [0.1, 0.15) is 31.1 Å². The number of fused-ring (bicyclic) bond motifs is 2. The lowest BCUT2D eigenvalue weighted by atomic mass is 9.85. The maximum absolute atomic E-state index is 14.7. The minimum atomic E-state index is -3.48. The number of benzene rings is 2. The lowest BCUT2D eigenvalue weighted by molar-refractivity contribution is -0.116. The quantitative estimate of drug-likeness (QED) is 0.0857. The van der Waals surface area contributed by atoms with Gasteiger partial charge in [-0.3, -0.25) is 9.59 Å². The number of nitrogens with one attached hydrogen (secondary N) is 2. The number of carbonyl (C=O) groups is 2. The Balaban J connectivity index is 0.000000186. The molecule has 2 fully saturated rings. The number of hydrogen-bond acceptors (Lipinski definition) is 10. The fraction of sp³-hybridized carbons (Fsp3) is 0.542. The molecule has 14 heteroatoms. The Bertz CT molecular complexity index is 2430. The molecule has 2 aromatic heterocycles. The summed E-state index contributed by atoms with van der Waals surface area (Å²) in [5.74, 6) is -0.489. The molecule has 4 aliphatic carbocycles. The van der Waals surface area contributed by atoms with E-state index in [4.69, 9.17) is 18.4 Å². The normalized spacial score (nSPS) is 19.1. The minimum absolute atomic E-state index is 0.0595. The van der Waals surface area contributed by atoms with Crippen LogP contribution in [0.4, 0.5) is 8.78 Å². The van der Waals surface area contributed by atoms with Crippen LogP contribution in [-0.2, 0) is 78.8 Å². The first-order chi connectivity index (χ1) is 28.9. The van der Waals surface area contributed by atoms with E-state index in [9.17, 15) is 37.0 Å². The van der Waals surface area contributed by atoms with Crippen LogP contribution >= 0.6 is 0 Å². The zero-order valence-electron chi connectivity index (χ0n) is 36.6. The molecule has 10 nitrogen and oxygen atoms in total. The maximum atomic E-state index is 14.7. The van der Waals surface area contributed by atoms with Crippen molar-refractivity contribution in [2.75, 3.05) is 11.5 Å². The summed E-state index contributed by atoms with van der Waals surface area (Å²) in [6.45, 7) is 10.5. The highest BCUT2D eigenvalue weighted by molar-refractivity contribution is 7.93. The second-order valence-electron chi connectivity index (χ2n) is 19.2. The average Bonchev–Trinajstić information content (AvgIpc) is 3.86. The second-order valence-corrected chi connectivity index (χ2v) is 23.3. The average molecular weight is 895 g/mol. The van der Waals surface area contributed by atoms with Gasteiger partial charge in [0.05, 0.1) is 35.2 Å². The van der Waals surface area contributed by atoms with Gasteiger partial charge < -0.3 is 19.0 Å². The molecule has 8 rings (SSSR count). The largest absolute Gasteiger partial charge is 0.454 e. The highest BCUT2D eigenvalue weighted by Crippen LogP contribution is 2.47. The Kier molecular flexibility index (Phi) is 12.8. The van der Waals surface area contributed by atoms with Crippen LogP contribution < -0.4 is 0 Å². The molecule has 4 aliphatic rings. The Morgan fingerprint density at radius 3 is 1.31 bits per heavy atom. The van der Waals surface area contributed by atoms with Crippen LogP contribution in [0.2, 0.25) is 0 Å². The van der Waals surface area contributed by atoms with Crippen molar-refractivity contribution < 1.29 is 45.8 Å². The maximum Gasteiger partial charge on any atom is 0.199 e. The van der Waals surface area contributed by atoms with E-state index < -0.39 is 42.2 Å². The van der Waals surface area contributed by atoms with E-state index in [0.717, 1.165) is 84.7 Å². The molecule has 2 aromatic carbocycles. The molecule has 0 unspecified atom stereocenters. The number of aliphatic hydroxyl groups is 2. The summed E-state index contributed by atoms with van der Waals surface area (Å²) >= 11 is 0. The van der Waals surface area contributed by atoms with Gasteiger partial charge in [0, 0.05) is 36.1 Å². The van der Waals surface area contributed by atoms with Crippen LogP contribution in [0.15, 0.2) is 55.8 Å². The number of ketones is 2. The van der Waals surface area contributed by atoms with Gasteiger partial charge in [-0.1, -0.05) is 13.8 Å². The van der Waals surface area contributed by atoms with Gasteiger partial charge in [-0.15, -0.1) is 0 Å². The van der Waals surface area contributed by atoms with Crippen LogP contribution in [0.25, 0.3) is 0 Å². The van der Waals surface area contributed by atoms with Crippen LogP contribution in [0.3, 0.4) is 0 Å². The zero-order chi connectivity index (χ0) is 45.1. The van der Waals surface area contributed by atoms with Crippen LogP contribution in [0.5, 0.6) is 0 Å². The van der Waals surface area contributed by atoms with E-state index >= 15 is 0 Å². The molecular formula is C48H60F2N2O8S2. The number of hydrogen-bond donors (Lipinski definition) is 4. The van der Waals surface area contributed by atoms with E-state index in [1.54, 1.807) is 39.8 Å². The third-order valence-corrected chi connectivity index (χ3v) is 16.5. The van der Waals surface area contributed by atoms with Crippen molar-refractivity contribution in [1.82, 2.24) is 0 Å². The summed E-state index contributed by atoms with van der Waals surface area (Å²) < 4.78 is 82.4. The third-order valence-electron chi connectivity index (χ3n) is 13.3. The van der Waals surface area contributed by atoms with Crippen molar-refractivity contribution in [3.8, 4) is 0 Å². The topological polar surface area (TPSA) is 183 Å². The molecule has 4 atom stereocenters. The van der Waals surface area contributed by atoms with E-state index in [2.05, 4.69) is 13.8 Å². The summed E-state index contributed by atoms with van der Waals surface area (Å²) in [4.78, 5) is 25.9. The van der Waals surface area contributed by atoms with Gasteiger partial charge >= 0.3 is 0 Å². The highest BCUT2D eigenvalue weighted by atomic mass is 32.2. The highest BCUT2D eigenvalue weighted by Gasteiger charge is 2.36. The Morgan fingerprint density at radius 2 is 1.00 bits per heavy atom. The first-order valence-corrected chi connectivity index (χ1v) is 25.2. The smallest absolute Gasteiger partial charge is 0.199 e. The third kappa shape index (κ3) is 10.0. The first kappa shape index (κ1) is 46.0. The van der Waals surface area contributed by atoms with Crippen molar-refractivity contribution in [2.24, 2.45) is 11.8 Å². The van der Waals surface area contributed by atoms with Gasteiger partial charge in [-0.25, -0.2) is 26.8 Å². The molecule has 0 amide bonds. The summed E-state index contributed by atoms with van der Waals surface area (Å²) in [7, 11) is -6.96. The van der Waals surface area contributed by atoms with Crippen LogP contribution in [-0.4, -0.2) is 41.7 Å². The molecule has 2 saturated carbocycles. The van der Waals surface area contributed by atoms with Crippen molar-refractivity contribution in [1.29, 1.82) is 9.56 Å². The van der Waals surface area contributed by atoms with E-state index in [0.29, 0.717) is 46.9 Å². The molecule has 336 valence electrons. The molecule has 0 radical (unpaired) electrons. The summed E-state index contributed by atoms with van der Waals surface area (Å²) in [6.07, 6.45) is 11.8. The predicted octanol–water partition coefficient (Wildman–Crippen LogP) is 9.73. The van der Waals surface area contributed by atoms with Gasteiger partial charge in [-0.2, -0.15) is 0 Å². The Labute approximate surface area is 364 Å². The van der Waals surface area contributed by atoms with Gasteiger partial charge in [0.2, 0.25) is 0 Å². The summed E-state index contributed by atoms with van der Waals surface area (Å²) in [5, 5.41) is 19.9. The molecule has 2 heterocycles. The minimum Gasteiger partial charge on any atom is -0.454 e. The van der Waals surface area contributed by atoms with Crippen molar-refractivity contribution in [3.63, 3.8) is 0 Å². The molecule has 0 saturated heterocycles. The zero-order valence-corrected chi connectivity index (χ0v) is 38.2. The lowest BCUT2D eigenvalue weighted by Crippen LogP contribution is -2.19. The first-order valence-electron chi connectivity index (χ1n) is 21.8. The van der Waals surface area contributed by atoms with Crippen LogP contribution in [0.1, 0.15) is 148 Å². The SMILES string of the molecule is C[C@@H](c1cc(F)c2c(c1CC(=O)C[S@@](=N)(=O)c1cc(C(C)(C)O)co1)CCC2)C1CC1.C[C@@H](c1cc(F)c2c(c1CC(=O)C[S@](=N)(=O)c1cc(C(C)(C)O)co1)CCC2)C1CC1. The lowest BCUT2D eigenvalue weighted by Gasteiger charge is -2.20. The van der Waals surface area contributed by atoms with Crippen molar-refractivity contribution in [3.05, 3.63) is 104 Å². The molecule has 4 N–H and O–H groups in total. The van der Waals surface area contributed by atoms with Crippen molar-refractivity contribution >= 4 is 31.0 Å². The Morgan fingerprint density at radius 1 is 0.661 bits per heavy atom. The number of carbonyl (C=O) groups excluding carboxylic acids is 2. The molecule has 4 aromatic rings. The number of Topliss-reactive ketones (excluding diaryl/α,β-unsaturated/α-hetero) is 2. The Hall–Kier alpha value is -3.98. The second kappa shape index (κ2) is 17.2. The number of halogens is 2. The van der Waals surface area contributed by atoms with E-state index in [1.807, 2.05) is 0 Å². The van der Waals surface area contributed by atoms with Gasteiger partial charge in [0.15, 0.2) is 21.8 Å². The van der Waals surface area contributed by atoms with Crippen molar-refractivity contribution in [2.45, 2.75) is 152 Å². The summed E-state index contributed by atoms with van der Waals surface area (Å²) in [6, 6.07) is 5.99. The standard InChI is InChI=1S/2C24H30FNO4S/c2*1-14(15-7-8-15)20-11-22(25)19-6-4-5-18(19)21(20)10-17(27)13-31(26,29)23-9-16(12-30-23)24(2,3)28/h2*9,11-12,14-15,26,28H,4-8,10,13H2,1-3H3/t14-,31+;14-,31-/m11/s1. The predicted molar refractivity (Wildman–Crippen MR) is 232 cm³/mol. The fourth-order valence-corrected chi connectivity index (χ4v) is 11.7.